The molecule has 1 aromatic carbocycles. The van der Waals surface area contributed by atoms with Crippen LogP contribution in [0.3, 0.4) is 0 Å². The maximum atomic E-state index is 11.6. The van der Waals surface area contributed by atoms with Crippen LogP contribution in [-0.4, -0.2) is 19.2 Å². The quantitative estimate of drug-likeness (QED) is 0.858. The van der Waals surface area contributed by atoms with Crippen molar-refractivity contribution in [3.05, 3.63) is 53.0 Å². The molecule has 0 bridgehead atoms. The van der Waals surface area contributed by atoms with Crippen LogP contribution in [0.25, 0.3) is 0 Å². The van der Waals surface area contributed by atoms with E-state index in [9.17, 15) is 4.79 Å². The number of carbonyl (C=O) groups excluding carboxylic acids is 1. The highest BCUT2D eigenvalue weighted by molar-refractivity contribution is 7.97. The van der Waals surface area contributed by atoms with Crippen molar-refractivity contribution in [3.8, 4) is 0 Å². The predicted octanol–water partition coefficient (Wildman–Crippen LogP) is 3.42. The highest BCUT2D eigenvalue weighted by Crippen LogP contribution is 2.19. The number of thioether (sulfide) groups is 1. The van der Waals surface area contributed by atoms with Gasteiger partial charge in [0, 0.05) is 18.3 Å². The molecule has 0 aliphatic rings. The fourth-order valence-electron chi connectivity index (χ4n) is 2.07. The summed E-state index contributed by atoms with van der Waals surface area (Å²) in [6.07, 6.45) is 2.05. The van der Waals surface area contributed by atoms with Crippen molar-refractivity contribution in [3.63, 3.8) is 0 Å². The van der Waals surface area contributed by atoms with E-state index >= 15 is 0 Å². The Morgan fingerprint density at radius 3 is 2.67 bits per heavy atom. The molecule has 0 saturated heterocycles. The zero-order chi connectivity index (χ0) is 15.2. The number of aryl methyl sites for hydroxylation is 1. The van der Waals surface area contributed by atoms with Crippen LogP contribution in [-0.2, 0) is 12.3 Å². The summed E-state index contributed by atoms with van der Waals surface area (Å²) in [5, 5.41) is 5.96. The van der Waals surface area contributed by atoms with Gasteiger partial charge in [0.2, 0.25) is 0 Å². The van der Waals surface area contributed by atoms with Crippen molar-refractivity contribution in [2.75, 3.05) is 18.6 Å². The Labute approximate surface area is 129 Å². The maximum absolute atomic E-state index is 11.6. The van der Waals surface area contributed by atoms with Gasteiger partial charge in [0.1, 0.15) is 11.5 Å². The SMILES string of the molecule is CNC(=O)c1ccc(NCc2ccc(CSC)o2)c(C)c1. The van der Waals surface area contributed by atoms with Gasteiger partial charge in [0.25, 0.3) is 5.91 Å². The van der Waals surface area contributed by atoms with Crippen molar-refractivity contribution in [1.82, 2.24) is 5.32 Å². The van der Waals surface area contributed by atoms with E-state index in [0.717, 1.165) is 28.5 Å². The monoisotopic (exact) mass is 304 g/mol. The maximum Gasteiger partial charge on any atom is 0.251 e. The zero-order valence-electron chi connectivity index (χ0n) is 12.5. The number of nitrogens with one attached hydrogen (secondary N) is 2. The molecule has 0 spiro atoms. The van der Waals surface area contributed by atoms with E-state index in [2.05, 4.69) is 16.9 Å². The molecular formula is C16H20N2O2S. The van der Waals surface area contributed by atoms with Gasteiger partial charge in [-0.3, -0.25) is 4.79 Å². The van der Waals surface area contributed by atoms with E-state index in [1.54, 1.807) is 18.8 Å². The molecule has 0 radical (unpaired) electrons. The molecule has 0 aliphatic carbocycles. The van der Waals surface area contributed by atoms with E-state index in [0.29, 0.717) is 12.1 Å². The number of rotatable bonds is 6. The van der Waals surface area contributed by atoms with Gasteiger partial charge >= 0.3 is 0 Å². The fraction of sp³-hybridized carbons (Fsp3) is 0.312. The predicted molar refractivity (Wildman–Crippen MR) is 87.8 cm³/mol. The Morgan fingerprint density at radius 2 is 2.00 bits per heavy atom. The normalized spacial score (nSPS) is 10.4. The third-order valence-electron chi connectivity index (χ3n) is 3.17. The summed E-state index contributed by atoms with van der Waals surface area (Å²) < 4.78 is 5.72. The van der Waals surface area contributed by atoms with E-state index in [-0.39, 0.29) is 5.91 Å². The van der Waals surface area contributed by atoms with Crippen molar-refractivity contribution in [2.24, 2.45) is 0 Å². The standard InChI is InChI=1S/C16H20N2O2S/c1-11-8-12(16(19)17-2)4-7-15(11)18-9-13-5-6-14(20-13)10-21-3/h4-8,18H,9-10H2,1-3H3,(H,17,19). The van der Waals surface area contributed by atoms with E-state index in [4.69, 9.17) is 4.42 Å². The largest absolute Gasteiger partial charge is 0.463 e. The fourth-order valence-corrected chi connectivity index (χ4v) is 2.51. The number of furan rings is 1. The van der Waals surface area contributed by atoms with Crippen LogP contribution in [0.15, 0.2) is 34.7 Å². The van der Waals surface area contributed by atoms with Crippen molar-refractivity contribution in [1.29, 1.82) is 0 Å². The van der Waals surface area contributed by atoms with Crippen molar-refractivity contribution < 1.29 is 9.21 Å². The van der Waals surface area contributed by atoms with Gasteiger partial charge in [-0.05, 0) is 49.1 Å². The third kappa shape index (κ3) is 4.04. The van der Waals surface area contributed by atoms with Gasteiger partial charge in [-0.2, -0.15) is 11.8 Å². The Hall–Kier alpha value is -1.88. The van der Waals surface area contributed by atoms with Crippen LogP contribution in [0.1, 0.15) is 27.4 Å². The Kier molecular flexibility index (Phi) is 5.33. The summed E-state index contributed by atoms with van der Waals surface area (Å²) in [5.41, 5.74) is 2.71. The molecule has 4 nitrogen and oxygen atoms in total. The van der Waals surface area contributed by atoms with Crippen LogP contribution in [0.5, 0.6) is 0 Å². The minimum Gasteiger partial charge on any atom is -0.463 e. The van der Waals surface area contributed by atoms with E-state index < -0.39 is 0 Å². The molecule has 5 heteroatoms. The van der Waals surface area contributed by atoms with Crippen LogP contribution in [0.4, 0.5) is 5.69 Å². The molecule has 0 aliphatic heterocycles. The molecular weight excluding hydrogens is 284 g/mol. The highest BCUT2D eigenvalue weighted by Gasteiger charge is 2.07. The summed E-state index contributed by atoms with van der Waals surface area (Å²) in [6, 6.07) is 9.62. The van der Waals surface area contributed by atoms with Gasteiger partial charge in [-0.1, -0.05) is 0 Å². The van der Waals surface area contributed by atoms with Crippen LogP contribution < -0.4 is 10.6 Å². The summed E-state index contributed by atoms with van der Waals surface area (Å²) in [7, 11) is 1.63. The number of amides is 1. The van der Waals surface area contributed by atoms with E-state index in [1.165, 1.54) is 0 Å². The molecule has 0 unspecified atom stereocenters. The molecule has 1 aromatic heterocycles. The minimum atomic E-state index is -0.0719. The molecule has 1 amide bonds. The first kappa shape index (κ1) is 15.5. The zero-order valence-corrected chi connectivity index (χ0v) is 13.3. The second-order valence-corrected chi connectivity index (χ2v) is 5.63. The smallest absolute Gasteiger partial charge is 0.251 e. The minimum absolute atomic E-state index is 0.0719. The lowest BCUT2D eigenvalue weighted by molar-refractivity contribution is 0.0963. The van der Waals surface area contributed by atoms with Gasteiger partial charge < -0.3 is 15.1 Å². The topological polar surface area (TPSA) is 54.3 Å². The summed E-state index contributed by atoms with van der Waals surface area (Å²) in [6.45, 7) is 2.62. The summed E-state index contributed by atoms with van der Waals surface area (Å²) in [4.78, 5) is 11.6. The Balaban J connectivity index is 2.00. The van der Waals surface area contributed by atoms with Crippen molar-refractivity contribution >= 4 is 23.4 Å². The molecule has 2 N–H and O–H groups in total. The average molecular weight is 304 g/mol. The second kappa shape index (κ2) is 7.22. The summed E-state index contributed by atoms with van der Waals surface area (Å²) in [5.74, 6) is 2.72. The first-order chi connectivity index (χ1) is 10.1. The number of hydrogen-bond donors (Lipinski definition) is 2. The lowest BCUT2D eigenvalue weighted by atomic mass is 10.1. The van der Waals surface area contributed by atoms with Gasteiger partial charge in [0.15, 0.2) is 0 Å². The molecule has 112 valence electrons. The average Bonchev–Trinajstić information content (AvgIpc) is 2.93. The molecule has 1 heterocycles. The van der Waals surface area contributed by atoms with Crippen LogP contribution >= 0.6 is 11.8 Å². The van der Waals surface area contributed by atoms with Crippen molar-refractivity contribution in [2.45, 2.75) is 19.2 Å². The summed E-state index contributed by atoms with van der Waals surface area (Å²) >= 11 is 1.74. The first-order valence-electron chi connectivity index (χ1n) is 6.77. The molecule has 2 aromatic rings. The molecule has 0 saturated carbocycles. The molecule has 2 rings (SSSR count). The Bertz CT molecular complexity index is 622. The number of carbonyl (C=O) groups is 1. The van der Waals surface area contributed by atoms with Gasteiger partial charge in [-0.25, -0.2) is 0 Å². The lowest BCUT2D eigenvalue weighted by Gasteiger charge is -2.10. The first-order valence-corrected chi connectivity index (χ1v) is 8.16. The molecule has 21 heavy (non-hydrogen) atoms. The molecule has 0 atom stereocenters. The second-order valence-electron chi connectivity index (χ2n) is 4.76. The highest BCUT2D eigenvalue weighted by atomic mass is 32.2. The number of hydrogen-bond acceptors (Lipinski definition) is 4. The van der Waals surface area contributed by atoms with Crippen LogP contribution in [0, 0.1) is 6.92 Å². The lowest BCUT2D eigenvalue weighted by Crippen LogP contribution is -2.17. The van der Waals surface area contributed by atoms with Gasteiger partial charge in [-0.15, -0.1) is 0 Å². The van der Waals surface area contributed by atoms with Crippen LogP contribution in [0.2, 0.25) is 0 Å². The van der Waals surface area contributed by atoms with E-state index in [1.807, 2.05) is 37.3 Å². The Morgan fingerprint density at radius 1 is 1.24 bits per heavy atom. The molecule has 0 fully saturated rings. The van der Waals surface area contributed by atoms with Gasteiger partial charge in [0.05, 0.1) is 12.3 Å². The number of anilines is 1. The number of benzene rings is 1. The third-order valence-corrected chi connectivity index (χ3v) is 3.75.